The van der Waals surface area contributed by atoms with Gasteiger partial charge in [-0.15, -0.1) is 0 Å². The summed E-state index contributed by atoms with van der Waals surface area (Å²) < 4.78 is 0. The number of amides is 2. The average molecular weight is 306 g/mol. The highest BCUT2D eigenvalue weighted by Gasteiger charge is 2.25. The van der Waals surface area contributed by atoms with Gasteiger partial charge in [0.2, 0.25) is 11.8 Å². The van der Waals surface area contributed by atoms with E-state index in [2.05, 4.69) is 10.6 Å². The predicted molar refractivity (Wildman–Crippen MR) is 83.8 cm³/mol. The number of hydrogen-bond acceptors (Lipinski definition) is 3. The van der Waals surface area contributed by atoms with Crippen molar-refractivity contribution in [2.45, 2.75) is 40.7 Å². The smallest absolute Gasteiger partial charge is 0.336 e. The maximum absolute atomic E-state index is 12.1. The standard InChI is InChI=1S/C16H22N2O4/c1-9-6-7-11(8-12(9)14(20)21)18-13(19)10(2)17-15(22)16(3,4)5/h6-8,10H,1-5H3,(H,17,22)(H,18,19)(H,20,21). The quantitative estimate of drug-likeness (QED) is 0.794. The maximum atomic E-state index is 12.1. The molecule has 0 aliphatic heterocycles. The van der Waals surface area contributed by atoms with Crippen LogP contribution in [-0.4, -0.2) is 28.9 Å². The van der Waals surface area contributed by atoms with E-state index in [0.29, 0.717) is 11.3 Å². The van der Waals surface area contributed by atoms with Gasteiger partial charge in [0, 0.05) is 11.1 Å². The van der Waals surface area contributed by atoms with Crippen LogP contribution in [0, 0.1) is 12.3 Å². The lowest BCUT2D eigenvalue weighted by Crippen LogP contribution is -2.46. The van der Waals surface area contributed by atoms with Crippen LogP contribution in [0.5, 0.6) is 0 Å². The summed E-state index contributed by atoms with van der Waals surface area (Å²) in [6.07, 6.45) is 0. The van der Waals surface area contributed by atoms with Crippen LogP contribution in [0.25, 0.3) is 0 Å². The molecule has 1 aromatic rings. The Morgan fingerprint density at radius 3 is 2.27 bits per heavy atom. The number of carboxylic acid groups (broad SMARTS) is 1. The molecule has 0 radical (unpaired) electrons. The van der Waals surface area contributed by atoms with Crippen molar-refractivity contribution in [3.05, 3.63) is 29.3 Å². The summed E-state index contributed by atoms with van der Waals surface area (Å²) in [4.78, 5) is 35.0. The van der Waals surface area contributed by atoms with Gasteiger partial charge in [0.25, 0.3) is 0 Å². The van der Waals surface area contributed by atoms with E-state index in [0.717, 1.165) is 0 Å². The fourth-order valence-electron chi connectivity index (χ4n) is 1.66. The summed E-state index contributed by atoms with van der Waals surface area (Å²) >= 11 is 0. The van der Waals surface area contributed by atoms with Crippen LogP contribution >= 0.6 is 0 Å². The second-order valence-corrected chi connectivity index (χ2v) is 6.27. The number of rotatable bonds is 4. The molecule has 1 aromatic carbocycles. The number of nitrogens with one attached hydrogen (secondary N) is 2. The topological polar surface area (TPSA) is 95.5 Å². The lowest BCUT2D eigenvalue weighted by atomic mass is 9.95. The average Bonchev–Trinajstić information content (AvgIpc) is 2.39. The fraction of sp³-hybridized carbons (Fsp3) is 0.438. The molecule has 120 valence electrons. The van der Waals surface area contributed by atoms with Crippen LogP contribution in [-0.2, 0) is 9.59 Å². The van der Waals surface area contributed by atoms with Crippen LogP contribution in [0.15, 0.2) is 18.2 Å². The lowest BCUT2D eigenvalue weighted by molar-refractivity contribution is -0.131. The summed E-state index contributed by atoms with van der Waals surface area (Å²) in [5, 5.41) is 14.3. The van der Waals surface area contributed by atoms with Crippen molar-refractivity contribution >= 4 is 23.5 Å². The Labute approximate surface area is 129 Å². The molecule has 1 unspecified atom stereocenters. The van der Waals surface area contributed by atoms with E-state index in [-0.39, 0.29) is 11.5 Å². The minimum Gasteiger partial charge on any atom is -0.478 e. The zero-order valence-electron chi connectivity index (χ0n) is 13.5. The molecule has 0 aliphatic carbocycles. The molecular weight excluding hydrogens is 284 g/mol. The van der Waals surface area contributed by atoms with Crippen molar-refractivity contribution in [1.29, 1.82) is 0 Å². The molecule has 6 nitrogen and oxygen atoms in total. The first-order chi connectivity index (χ1) is 10.0. The van der Waals surface area contributed by atoms with Gasteiger partial charge >= 0.3 is 5.97 Å². The van der Waals surface area contributed by atoms with Gasteiger partial charge in [-0.3, -0.25) is 9.59 Å². The number of aryl methyl sites for hydroxylation is 1. The zero-order chi connectivity index (χ0) is 17.1. The molecule has 0 heterocycles. The number of carbonyl (C=O) groups excluding carboxylic acids is 2. The van der Waals surface area contributed by atoms with Crippen LogP contribution in [0.2, 0.25) is 0 Å². The largest absolute Gasteiger partial charge is 0.478 e. The van der Waals surface area contributed by atoms with Gasteiger partial charge in [-0.1, -0.05) is 26.8 Å². The van der Waals surface area contributed by atoms with Gasteiger partial charge < -0.3 is 15.7 Å². The Morgan fingerprint density at radius 2 is 1.77 bits per heavy atom. The Kier molecular flexibility index (Phi) is 5.30. The van der Waals surface area contributed by atoms with Gasteiger partial charge in [0.05, 0.1) is 5.56 Å². The van der Waals surface area contributed by atoms with E-state index in [4.69, 9.17) is 5.11 Å². The van der Waals surface area contributed by atoms with E-state index >= 15 is 0 Å². The maximum Gasteiger partial charge on any atom is 0.336 e. The molecule has 0 bridgehead atoms. The summed E-state index contributed by atoms with van der Waals surface area (Å²) in [6, 6.07) is 3.92. The molecule has 0 saturated heterocycles. The predicted octanol–water partition coefficient (Wildman–Crippen LogP) is 2.18. The van der Waals surface area contributed by atoms with Crippen molar-refractivity contribution in [2.75, 3.05) is 5.32 Å². The minimum atomic E-state index is -1.05. The Bertz CT molecular complexity index is 603. The first-order valence-corrected chi connectivity index (χ1v) is 6.98. The highest BCUT2D eigenvalue weighted by Crippen LogP contribution is 2.16. The van der Waals surface area contributed by atoms with E-state index < -0.39 is 23.3 Å². The summed E-state index contributed by atoms with van der Waals surface area (Å²) in [7, 11) is 0. The minimum absolute atomic E-state index is 0.129. The Balaban J connectivity index is 2.79. The zero-order valence-corrected chi connectivity index (χ0v) is 13.5. The molecule has 0 saturated carbocycles. The van der Waals surface area contributed by atoms with Gasteiger partial charge in [-0.05, 0) is 31.5 Å². The van der Waals surface area contributed by atoms with E-state index in [9.17, 15) is 14.4 Å². The Morgan fingerprint density at radius 1 is 1.18 bits per heavy atom. The van der Waals surface area contributed by atoms with Crippen molar-refractivity contribution in [3.63, 3.8) is 0 Å². The third-order valence-electron chi connectivity index (χ3n) is 3.16. The molecule has 6 heteroatoms. The van der Waals surface area contributed by atoms with Crippen molar-refractivity contribution in [2.24, 2.45) is 5.41 Å². The molecule has 3 N–H and O–H groups in total. The molecule has 0 aromatic heterocycles. The van der Waals surface area contributed by atoms with Crippen LogP contribution in [0.4, 0.5) is 5.69 Å². The van der Waals surface area contributed by atoms with Crippen LogP contribution in [0.1, 0.15) is 43.6 Å². The number of aromatic carboxylic acids is 1. The normalized spacial score (nSPS) is 12.4. The molecule has 22 heavy (non-hydrogen) atoms. The van der Waals surface area contributed by atoms with Gasteiger partial charge in [0.15, 0.2) is 0 Å². The summed E-state index contributed by atoms with van der Waals surface area (Å²) in [5.41, 5.74) is 0.531. The number of hydrogen-bond donors (Lipinski definition) is 3. The fourth-order valence-corrected chi connectivity index (χ4v) is 1.66. The van der Waals surface area contributed by atoms with E-state index in [1.54, 1.807) is 46.8 Å². The molecular formula is C16H22N2O4. The van der Waals surface area contributed by atoms with Crippen molar-refractivity contribution < 1.29 is 19.5 Å². The van der Waals surface area contributed by atoms with Crippen LogP contribution in [0.3, 0.4) is 0 Å². The number of benzene rings is 1. The second-order valence-electron chi connectivity index (χ2n) is 6.27. The van der Waals surface area contributed by atoms with Gasteiger partial charge in [-0.25, -0.2) is 4.79 Å². The molecule has 1 rings (SSSR count). The summed E-state index contributed by atoms with van der Waals surface area (Å²) in [6.45, 7) is 8.52. The SMILES string of the molecule is Cc1ccc(NC(=O)C(C)NC(=O)C(C)(C)C)cc1C(=O)O. The van der Waals surface area contributed by atoms with E-state index in [1.807, 2.05) is 0 Å². The number of carboxylic acids is 1. The molecule has 1 atom stereocenters. The highest BCUT2D eigenvalue weighted by atomic mass is 16.4. The third-order valence-corrected chi connectivity index (χ3v) is 3.16. The number of carbonyl (C=O) groups is 3. The second kappa shape index (κ2) is 6.60. The molecule has 0 fully saturated rings. The van der Waals surface area contributed by atoms with Gasteiger partial charge in [-0.2, -0.15) is 0 Å². The van der Waals surface area contributed by atoms with Crippen molar-refractivity contribution in [3.8, 4) is 0 Å². The first-order valence-electron chi connectivity index (χ1n) is 6.98. The number of anilines is 1. The van der Waals surface area contributed by atoms with Crippen molar-refractivity contribution in [1.82, 2.24) is 5.32 Å². The molecule has 2 amide bonds. The summed E-state index contributed by atoms with van der Waals surface area (Å²) in [5.74, 6) is -1.69. The third kappa shape index (κ3) is 4.58. The monoisotopic (exact) mass is 306 g/mol. The lowest BCUT2D eigenvalue weighted by Gasteiger charge is -2.21. The van der Waals surface area contributed by atoms with Gasteiger partial charge in [0.1, 0.15) is 6.04 Å². The molecule has 0 aliphatic rings. The highest BCUT2D eigenvalue weighted by molar-refractivity contribution is 5.99. The van der Waals surface area contributed by atoms with Crippen LogP contribution < -0.4 is 10.6 Å². The molecule has 0 spiro atoms. The Hall–Kier alpha value is -2.37. The first kappa shape index (κ1) is 17.7. The van der Waals surface area contributed by atoms with E-state index in [1.165, 1.54) is 6.07 Å².